The van der Waals surface area contributed by atoms with Crippen molar-refractivity contribution in [1.29, 1.82) is 5.26 Å². The van der Waals surface area contributed by atoms with Crippen molar-refractivity contribution in [3.63, 3.8) is 0 Å². The molecule has 0 saturated heterocycles. The van der Waals surface area contributed by atoms with Gasteiger partial charge in [0.2, 0.25) is 0 Å². The lowest BCUT2D eigenvalue weighted by molar-refractivity contribution is 0.588. The van der Waals surface area contributed by atoms with Crippen LogP contribution in [-0.2, 0) is 13.0 Å². The molecule has 1 N–H and O–H groups in total. The van der Waals surface area contributed by atoms with E-state index in [0.29, 0.717) is 17.7 Å². The molecule has 0 spiro atoms. The Labute approximate surface area is 111 Å². The lowest BCUT2D eigenvalue weighted by atomic mass is 10.1. The average Bonchev–Trinajstić information content (AvgIpc) is 2.46. The molecular weight excluding hydrogens is 241 g/mol. The lowest BCUT2D eigenvalue weighted by Crippen LogP contribution is -2.17. The number of nitrogens with zero attached hydrogens (tertiary/aromatic N) is 2. The fraction of sp³-hybridized carbons (Fsp3) is 0.200. The molecule has 0 amide bonds. The van der Waals surface area contributed by atoms with Crippen molar-refractivity contribution in [2.24, 2.45) is 0 Å². The summed E-state index contributed by atoms with van der Waals surface area (Å²) in [7, 11) is 0. The van der Waals surface area contributed by atoms with E-state index < -0.39 is 0 Å². The van der Waals surface area contributed by atoms with Crippen molar-refractivity contribution in [2.75, 3.05) is 6.54 Å². The Morgan fingerprint density at radius 1 is 1.32 bits per heavy atom. The Bertz CT molecular complexity index is 576. The third kappa shape index (κ3) is 3.87. The van der Waals surface area contributed by atoms with Crippen LogP contribution in [0, 0.1) is 17.1 Å². The first-order chi connectivity index (χ1) is 9.29. The summed E-state index contributed by atoms with van der Waals surface area (Å²) < 4.78 is 13.6. The van der Waals surface area contributed by atoms with Crippen LogP contribution in [0.25, 0.3) is 0 Å². The lowest BCUT2D eigenvalue weighted by Gasteiger charge is -2.06. The summed E-state index contributed by atoms with van der Waals surface area (Å²) >= 11 is 0. The minimum atomic E-state index is -0.340. The quantitative estimate of drug-likeness (QED) is 0.835. The van der Waals surface area contributed by atoms with E-state index in [1.54, 1.807) is 18.3 Å². The summed E-state index contributed by atoms with van der Waals surface area (Å²) in [5.41, 5.74) is 2.07. The number of hydrogen-bond acceptors (Lipinski definition) is 3. The molecule has 0 aliphatic rings. The number of rotatable bonds is 5. The number of hydrogen-bond donors (Lipinski definition) is 1. The van der Waals surface area contributed by atoms with E-state index in [2.05, 4.69) is 10.3 Å². The predicted molar refractivity (Wildman–Crippen MR) is 70.8 cm³/mol. The minimum Gasteiger partial charge on any atom is -0.312 e. The molecule has 2 rings (SSSR count). The van der Waals surface area contributed by atoms with E-state index >= 15 is 0 Å². The molecule has 3 nitrogen and oxygen atoms in total. The Kier molecular flexibility index (Phi) is 4.60. The highest BCUT2D eigenvalue weighted by Crippen LogP contribution is 2.09. The third-order valence-electron chi connectivity index (χ3n) is 2.81. The van der Waals surface area contributed by atoms with Gasteiger partial charge in [0.05, 0.1) is 11.6 Å². The van der Waals surface area contributed by atoms with E-state index in [1.165, 1.54) is 6.07 Å². The highest BCUT2D eigenvalue weighted by molar-refractivity contribution is 5.32. The molecule has 0 aliphatic heterocycles. The van der Waals surface area contributed by atoms with Gasteiger partial charge in [0.15, 0.2) is 0 Å². The molecule has 1 aromatic heterocycles. The molecular formula is C15H14FN3. The first kappa shape index (κ1) is 13.2. The number of nitrogens with one attached hydrogen (secondary N) is 1. The van der Waals surface area contributed by atoms with Crippen LogP contribution in [0.1, 0.15) is 16.7 Å². The van der Waals surface area contributed by atoms with Crippen LogP contribution in [-0.4, -0.2) is 11.5 Å². The normalized spacial score (nSPS) is 10.1. The van der Waals surface area contributed by atoms with E-state index in [0.717, 1.165) is 18.5 Å². The number of aromatic nitrogens is 1. The van der Waals surface area contributed by atoms with Gasteiger partial charge >= 0.3 is 0 Å². The molecule has 1 heterocycles. The summed E-state index contributed by atoms with van der Waals surface area (Å²) in [5, 5.41) is 11.8. The molecule has 0 radical (unpaired) electrons. The van der Waals surface area contributed by atoms with Gasteiger partial charge in [-0.3, -0.25) is 4.98 Å². The number of halogens is 1. The van der Waals surface area contributed by atoms with E-state index in [9.17, 15) is 4.39 Å². The highest BCUT2D eigenvalue weighted by atomic mass is 19.1. The van der Waals surface area contributed by atoms with Crippen molar-refractivity contribution in [3.8, 4) is 6.07 Å². The Hall–Kier alpha value is -2.25. The van der Waals surface area contributed by atoms with Crippen LogP contribution in [0.5, 0.6) is 0 Å². The summed E-state index contributed by atoms with van der Waals surface area (Å²) in [4.78, 5) is 4.04. The summed E-state index contributed by atoms with van der Waals surface area (Å²) in [6.07, 6.45) is 4.42. The van der Waals surface area contributed by atoms with Gasteiger partial charge in [-0.15, -0.1) is 0 Å². The standard InChI is InChI=1S/C15H14FN3/c16-15-8-13(9-17)3-4-14(15)11-19-7-5-12-2-1-6-18-10-12/h1-4,6,8,10,19H,5,7,11H2. The maximum atomic E-state index is 13.6. The molecule has 0 atom stereocenters. The van der Waals surface area contributed by atoms with Gasteiger partial charge in [-0.2, -0.15) is 5.26 Å². The SMILES string of the molecule is N#Cc1ccc(CNCCc2cccnc2)c(F)c1. The Balaban J connectivity index is 1.82. The fourth-order valence-corrected chi connectivity index (χ4v) is 1.76. The molecule has 4 heteroatoms. The number of pyridine rings is 1. The second-order valence-corrected chi connectivity index (χ2v) is 4.21. The molecule has 0 saturated carbocycles. The molecule has 2 aromatic rings. The zero-order valence-electron chi connectivity index (χ0n) is 10.4. The van der Waals surface area contributed by atoms with Crippen LogP contribution in [0.3, 0.4) is 0 Å². The predicted octanol–water partition coefficient (Wildman–Crippen LogP) is 2.42. The fourth-order valence-electron chi connectivity index (χ4n) is 1.76. The molecule has 0 unspecified atom stereocenters. The van der Waals surface area contributed by atoms with Crippen LogP contribution < -0.4 is 5.32 Å². The van der Waals surface area contributed by atoms with Crippen LogP contribution in [0.4, 0.5) is 4.39 Å². The second kappa shape index (κ2) is 6.62. The topological polar surface area (TPSA) is 48.7 Å². The number of benzene rings is 1. The van der Waals surface area contributed by atoms with E-state index in [1.807, 2.05) is 24.4 Å². The zero-order valence-corrected chi connectivity index (χ0v) is 10.4. The average molecular weight is 255 g/mol. The van der Waals surface area contributed by atoms with Gasteiger partial charge in [-0.25, -0.2) is 4.39 Å². The van der Waals surface area contributed by atoms with E-state index in [4.69, 9.17) is 5.26 Å². The molecule has 0 bridgehead atoms. The highest BCUT2D eigenvalue weighted by Gasteiger charge is 2.03. The van der Waals surface area contributed by atoms with Crippen LogP contribution in [0.2, 0.25) is 0 Å². The largest absolute Gasteiger partial charge is 0.312 e. The summed E-state index contributed by atoms with van der Waals surface area (Å²) in [6, 6.07) is 10.4. The summed E-state index contributed by atoms with van der Waals surface area (Å²) in [5.74, 6) is -0.340. The third-order valence-corrected chi connectivity index (χ3v) is 2.81. The second-order valence-electron chi connectivity index (χ2n) is 4.21. The van der Waals surface area contributed by atoms with Crippen molar-refractivity contribution in [1.82, 2.24) is 10.3 Å². The minimum absolute atomic E-state index is 0.340. The maximum Gasteiger partial charge on any atom is 0.129 e. The van der Waals surface area contributed by atoms with Crippen LogP contribution in [0.15, 0.2) is 42.7 Å². The van der Waals surface area contributed by atoms with Gasteiger partial charge in [0, 0.05) is 24.5 Å². The smallest absolute Gasteiger partial charge is 0.129 e. The molecule has 0 fully saturated rings. The van der Waals surface area contributed by atoms with Gasteiger partial charge < -0.3 is 5.32 Å². The monoisotopic (exact) mass is 255 g/mol. The first-order valence-corrected chi connectivity index (χ1v) is 6.08. The first-order valence-electron chi connectivity index (χ1n) is 6.08. The van der Waals surface area contributed by atoms with Crippen molar-refractivity contribution >= 4 is 0 Å². The molecule has 96 valence electrons. The Morgan fingerprint density at radius 2 is 2.21 bits per heavy atom. The van der Waals surface area contributed by atoms with Gasteiger partial charge in [-0.05, 0) is 36.7 Å². The number of nitriles is 1. The van der Waals surface area contributed by atoms with Gasteiger partial charge in [-0.1, -0.05) is 12.1 Å². The van der Waals surface area contributed by atoms with Gasteiger partial charge in [0.1, 0.15) is 5.82 Å². The zero-order chi connectivity index (χ0) is 13.5. The van der Waals surface area contributed by atoms with Gasteiger partial charge in [0.25, 0.3) is 0 Å². The molecule has 0 aliphatic carbocycles. The van der Waals surface area contributed by atoms with E-state index in [-0.39, 0.29) is 5.82 Å². The Morgan fingerprint density at radius 3 is 2.89 bits per heavy atom. The van der Waals surface area contributed by atoms with Crippen molar-refractivity contribution < 1.29 is 4.39 Å². The van der Waals surface area contributed by atoms with Crippen LogP contribution >= 0.6 is 0 Å². The molecule has 19 heavy (non-hydrogen) atoms. The van der Waals surface area contributed by atoms with Crippen molar-refractivity contribution in [3.05, 3.63) is 65.2 Å². The maximum absolute atomic E-state index is 13.6. The van der Waals surface area contributed by atoms with Crippen molar-refractivity contribution in [2.45, 2.75) is 13.0 Å². The summed E-state index contributed by atoms with van der Waals surface area (Å²) in [6.45, 7) is 1.21. The molecule has 1 aromatic carbocycles.